The Labute approximate surface area is 129 Å². The SMILES string of the molecule is CC(=O)OC[C@H]1O[C@@H](n2ccc(=O)[nH]c2=O)[C@H](OC(C)=O)[C@@H]1O. The molecule has 0 unspecified atom stereocenters. The maximum atomic E-state index is 11.9. The van der Waals surface area contributed by atoms with Gasteiger partial charge in [0.1, 0.15) is 18.8 Å². The molecule has 2 rings (SSSR count). The van der Waals surface area contributed by atoms with E-state index in [2.05, 4.69) is 0 Å². The maximum absolute atomic E-state index is 11.9. The van der Waals surface area contributed by atoms with Crippen LogP contribution in [0.2, 0.25) is 0 Å². The van der Waals surface area contributed by atoms with Crippen molar-refractivity contribution >= 4 is 11.9 Å². The predicted molar refractivity (Wildman–Crippen MR) is 73.4 cm³/mol. The van der Waals surface area contributed by atoms with Gasteiger partial charge in [-0.2, -0.15) is 0 Å². The summed E-state index contributed by atoms with van der Waals surface area (Å²) in [5, 5.41) is 10.2. The van der Waals surface area contributed by atoms with Gasteiger partial charge in [0.2, 0.25) is 0 Å². The normalized spacial score (nSPS) is 26.7. The lowest BCUT2D eigenvalue weighted by atomic mass is 10.1. The fraction of sp³-hybridized carbons (Fsp3) is 0.538. The molecule has 2 heterocycles. The first kappa shape index (κ1) is 16.9. The van der Waals surface area contributed by atoms with E-state index in [1.165, 1.54) is 6.92 Å². The van der Waals surface area contributed by atoms with Crippen molar-refractivity contribution in [1.29, 1.82) is 0 Å². The summed E-state index contributed by atoms with van der Waals surface area (Å²) in [6.45, 7) is 2.05. The molecule has 0 aliphatic carbocycles. The van der Waals surface area contributed by atoms with Gasteiger partial charge in [0, 0.05) is 26.1 Å². The molecule has 1 aliphatic rings. The summed E-state index contributed by atoms with van der Waals surface area (Å²) in [5.74, 6) is -1.26. The van der Waals surface area contributed by atoms with Crippen LogP contribution in [0, 0.1) is 0 Å². The quantitative estimate of drug-likeness (QED) is 0.623. The van der Waals surface area contributed by atoms with E-state index >= 15 is 0 Å². The number of carbonyl (C=O) groups is 2. The minimum Gasteiger partial charge on any atom is -0.463 e. The van der Waals surface area contributed by atoms with E-state index in [1.807, 2.05) is 4.98 Å². The van der Waals surface area contributed by atoms with Crippen molar-refractivity contribution in [2.24, 2.45) is 0 Å². The number of hydrogen-bond donors (Lipinski definition) is 2. The van der Waals surface area contributed by atoms with Crippen molar-refractivity contribution in [3.63, 3.8) is 0 Å². The van der Waals surface area contributed by atoms with Crippen LogP contribution < -0.4 is 11.2 Å². The van der Waals surface area contributed by atoms with Crippen LogP contribution in [0.3, 0.4) is 0 Å². The second-order valence-electron chi connectivity index (χ2n) is 4.95. The van der Waals surface area contributed by atoms with Crippen LogP contribution in [-0.2, 0) is 23.8 Å². The highest BCUT2D eigenvalue weighted by Crippen LogP contribution is 2.31. The van der Waals surface area contributed by atoms with E-state index in [0.717, 1.165) is 23.8 Å². The fourth-order valence-electron chi connectivity index (χ4n) is 2.23. The average molecular weight is 328 g/mol. The van der Waals surface area contributed by atoms with Crippen LogP contribution in [0.1, 0.15) is 20.1 Å². The zero-order valence-electron chi connectivity index (χ0n) is 12.4. The molecule has 23 heavy (non-hydrogen) atoms. The van der Waals surface area contributed by atoms with Gasteiger partial charge >= 0.3 is 17.6 Å². The number of rotatable bonds is 4. The van der Waals surface area contributed by atoms with Gasteiger partial charge in [0.15, 0.2) is 12.3 Å². The number of aliphatic hydroxyl groups excluding tert-OH is 1. The van der Waals surface area contributed by atoms with Crippen molar-refractivity contribution in [2.45, 2.75) is 38.4 Å². The van der Waals surface area contributed by atoms with Gasteiger partial charge in [-0.3, -0.25) is 23.9 Å². The molecule has 0 bridgehead atoms. The number of nitrogens with zero attached hydrogens (tertiary/aromatic N) is 1. The maximum Gasteiger partial charge on any atom is 0.330 e. The number of nitrogens with one attached hydrogen (secondary N) is 1. The molecule has 0 spiro atoms. The van der Waals surface area contributed by atoms with Crippen molar-refractivity contribution < 1.29 is 28.9 Å². The molecule has 0 radical (unpaired) electrons. The summed E-state index contributed by atoms with van der Waals surface area (Å²) in [6, 6.07) is 1.08. The fourth-order valence-corrected chi connectivity index (χ4v) is 2.23. The summed E-state index contributed by atoms with van der Waals surface area (Å²) in [6.07, 6.45) is -3.52. The lowest BCUT2D eigenvalue weighted by Crippen LogP contribution is -2.40. The highest BCUT2D eigenvalue weighted by atomic mass is 16.6. The molecule has 1 fully saturated rings. The molecule has 10 nitrogen and oxygen atoms in total. The third-order valence-electron chi connectivity index (χ3n) is 3.19. The van der Waals surface area contributed by atoms with E-state index in [4.69, 9.17) is 14.2 Å². The molecule has 0 aromatic carbocycles. The molecule has 1 aromatic rings. The monoisotopic (exact) mass is 328 g/mol. The number of H-pyrrole nitrogens is 1. The van der Waals surface area contributed by atoms with E-state index in [-0.39, 0.29) is 6.61 Å². The van der Waals surface area contributed by atoms with Crippen molar-refractivity contribution in [1.82, 2.24) is 9.55 Å². The summed E-state index contributed by atoms with van der Waals surface area (Å²) in [4.78, 5) is 47.1. The smallest absolute Gasteiger partial charge is 0.330 e. The number of carbonyl (C=O) groups excluding carboxylic acids is 2. The molecule has 1 aliphatic heterocycles. The van der Waals surface area contributed by atoms with Crippen LogP contribution in [0.15, 0.2) is 21.9 Å². The first-order chi connectivity index (χ1) is 10.8. The van der Waals surface area contributed by atoms with Crippen LogP contribution >= 0.6 is 0 Å². The summed E-state index contributed by atoms with van der Waals surface area (Å²) >= 11 is 0. The van der Waals surface area contributed by atoms with Crippen molar-refractivity contribution in [3.05, 3.63) is 33.1 Å². The Bertz CT molecular complexity index is 708. The molecule has 0 saturated carbocycles. The van der Waals surface area contributed by atoms with Crippen molar-refractivity contribution in [2.75, 3.05) is 6.61 Å². The van der Waals surface area contributed by atoms with Gasteiger partial charge < -0.3 is 19.3 Å². The first-order valence-electron chi connectivity index (χ1n) is 6.75. The van der Waals surface area contributed by atoms with E-state index in [0.29, 0.717) is 0 Å². The Morgan fingerprint density at radius 3 is 2.61 bits per heavy atom. The Kier molecular flexibility index (Phi) is 4.96. The average Bonchev–Trinajstić information content (AvgIpc) is 2.73. The molecule has 1 saturated heterocycles. The largest absolute Gasteiger partial charge is 0.463 e. The minimum atomic E-state index is -1.32. The number of esters is 2. The molecule has 4 atom stereocenters. The van der Waals surface area contributed by atoms with Crippen LogP contribution in [-0.4, -0.2) is 51.5 Å². The van der Waals surface area contributed by atoms with Crippen LogP contribution in [0.25, 0.3) is 0 Å². The zero-order valence-corrected chi connectivity index (χ0v) is 12.4. The van der Waals surface area contributed by atoms with Crippen LogP contribution in [0.4, 0.5) is 0 Å². The third-order valence-corrected chi connectivity index (χ3v) is 3.19. The standard InChI is InChI=1S/C13H16N2O8/c1-6(16)21-5-8-10(19)11(22-7(2)17)12(23-8)15-4-3-9(18)14-13(15)20/h3-4,8,10-12,19H,5H2,1-2H3,(H,14,18,20)/t8-,10-,11-,12-/m1/s1. The highest BCUT2D eigenvalue weighted by molar-refractivity contribution is 5.66. The number of aromatic amines is 1. The predicted octanol–water partition coefficient (Wildman–Crippen LogP) is -1.71. The summed E-state index contributed by atoms with van der Waals surface area (Å²) < 4.78 is 16.2. The molecule has 10 heteroatoms. The molecular formula is C13H16N2O8. The van der Waals surface area contributed by atoms with Gasteiger partial charge in [-0.05, 0) is 0 Å². The van der Waals surface area contributed by atoms with Gasteiger partial charge in [0.25, 0.3) is 5.56 Å². The number of aliphatic hydroxyl groups is 1. The van der Waals surface area contributed by atoms with Gasteiger partial charge in [-0.1, -0.05) is 0 Å². The minimum absolute atomic E-state index is 0.275. The molecular weight excluding hydrogens is 312 g/mol. The lowest BCUT2D eigenvalue weighted by molar-refractivity contribution is -0.156. The number of aromatic nitrogens is 2. The lowest BCUT2D eigenvalue weighted by Gasteiger charge is -2.21. The van der Waals surface area contributed by atoms with E-state index < -0.39 is 47.7 Å². The Balaban J connectivity index is 2.30. The van der Waals surface area contributed by atoms with E-state index in [1.54, 1.807) is 0 Å². The number of hydrogen-bond acceptors (Lipinski definition) is 8. The highest BCUT2D eigenvalue weighted by Gasteiger charge is 2.47. The Morgan fingerprint density at radius 1 is 1.35 bits per heavy atom. The summed E-state index contributed by atoms with van der Waals surface area (Å²) in [5.41, 5.74) is -1.40. The summed E-state index contributed by atoms with van der Waals surface area (Å²) in [7, 11) is 0. The van der Waals surface area contributed by atoms with Gasteiger partial charge in [-0.15, -0.1) is 0 Å². The second-order valence-corrected chi connectivity index (χ2v) is 4.95. The topological polar surface area (TPSA) is 137 Å². The Morgan fingerprint density at radius 2 is 2.04 bits per heavy atom. The number of ether oxygens (including phenoxy) is 3. The molecule has 126 valence electrons. The van der Waals surface area contributed by atoms with Crippen molar-refractivity contribution in [3.8, 4) is 0 Å². The molecule has 0 amide bonds. The third kappa shape index (κ3) is 3.85. The first-order valence-corrected chi connectivity index (χ1v) is 6.75. The Hall–Kier alpha value is -2.46. The zero-order chi connectivity index (χ0) is 17.1. The molecule has 2 N–H and O–H groups in total. The van der Waals surface area contributed by atoms with Crippen LogP contribution in [0.5, 0.6) is 0 Å². The van der Waals surface area contributed by atoms with E-state index in [9.17, 15) is 24.3 Å². The van der Waals surface area contributed by atoms with Gasteiger partial charge in [0.05, 0.1) is 0 Å². The molecule has 1 aromatic heterocycles. The second kappa shape index (κ2) is 6.75. The van der Waals surface area contributed by atoms with Gasteiger partial charge in [-0.25, -0.2) is 4.79 Å².